The molecule has 13 rings (SSSR count). The summed E-state index contributed by atoms with van der Waals surface area (Å²) in [5, 5.41) is 30.1. The topological polar surface area (TPSA) is 219 Å². The Hall–Kier alpha value is -11.3. The highest BCUT2D eigenvalue weighted by Crippen LogP contribution is 2.23. The Kier molecular flexibility index (Phi) is 24.6. The molecular formula is C68H63N17. The monoisotopic (exact) mass is 1120 g/mol. The van der Waals surface area contributed by atoms with Gasteiger partial charge >= 0.3 is 0 Å². The van der Waals surface area contributed by atoms with E-state index in [1.54, 1.807) is 44.1 Å². The summed E-state index contributed by atoms with van der Waals surface area (Å²) in [6, 6.07) is 67.5. The molecular weight excluding hydrogens is 1050 g/mol. The molecule has 0 atom stereocenters. The Morgan fingerprint density at radius 2 is 0.718 bits per heavy atom. The number of rotatable bonds is 6. The van der Waals surface area contributed by atoms with Crippen molar-refractivity contribution in [2.75, 3.05) is 0 Å². The second kappa shape index (κ2) is 34.1. The van der Waals surface area contributed by atoms with E-state index in [9.17, 15) is 0 Å². The van der Waals surface area contributed by atoms with Gasteiger partial charge in [0.1, 0.15) is 5.82 Å². The summed E-state index contributed by atoms with van der Waals surface area (Å²) in [6.45, 7) is 13.4. The van der Waals surface area contributed by atoms with Crippen molar-refractivity contribution >= 4 is 0 Å². The van der Waals surface area contributed by atoms with Gasteiger partial charge in [-0.15, -0.1) is 20.4 Å². The maximum absolute atomic E-state index is 4.66. The van der Waals surface area contributed by atoms with E-state index in [1.807, 2.05) is 248 Å². The fourth-order valence-electron chi connectivity index (χ4n) is 7.18. The second-order valence-corrected chi connectivity index (χ2v) is 18.4. The van der Waals surface area contributed by atoms with Gasteiger partial charge in [-0.3, -0.25) is 9.97 Å². The van der Waals surface area contributed by atoms with Crippen LogP contribution in [0.25, 0.3) is 68.2 Å². The molecule has 85 heavy (non-hydrogen) atoms. The van der Waals surface area contributed by atoms with E-state index in [0.29, 0.717) is 23.3 Å². The fourth-order valence-corrected chi connectivity index (χ4v) is 7.18. The van der Waals surface area contributed by atoms with Gasteiger partial charge in [-0.25, -0.2) is 34.9 Å². The molecule has 420 valence electrons. The first-order valence-electron chi connectivity index (χ1n) is 27.0. The maximum Gasteiger partial charge on any atom is 0.203 e. The second-order valence-electron chi connectivity index (χ2n) is 18.4. The molecule has 7 heterocycles. The molecule has 0 unspecified atom stereocenters. The van der Waals surface area contributed by atoms with E-state index >= 15 is 0 Å². The molecule has 0 radical (unpaired) electrons. The summed E-state index contributed by atoms with van der Waals surface area (Å²) in [6.07, 6.45) is 13.8. The molecule has 0 saturated heterocycles. The Balaban J connectivity index is 0.000000147. The summed E-state index contributed by atoms with van der Waals surface area (Å²) >= 11 is 0. The van der Waals surface area contributed by atoms with Crippen LogP contribution >= 0.6 is 0 Å². The van der Waals surface area contributed by atoms with E-state index in [1.165, 1.54) is 0 Å². The molecule has 0 aliphatic rings. The van der Waals surface area contributed by atoms with E-state index in [4.69, 9.17) is 0 Å². The van der Waals surface area contributed by atoms with Crippen LogP contribution in [0.4, 0.5) is 0 Å². The predicted octanol–water partition coefficient (Wildman–Crippen LogP) is 13.7. The summed E-state index contributed by atoms with van der Waals surface area (Å²) in [4.78, 5) is 38.8. The van der Waals surface area contributed by atoms with Crippen molar-refractivity contribution in [3.63, 3.8) is 0 Å². The Labute approximate surface area is 495 Å². The molecule has 0 saturated carbocycles. The van der Waals surface area contributed by atoms with Crippen LogP contribution in [-0.2, 0) is 0 Å². The zero-order valence-electron chi connectivity index (χ0n) is 48.4. The van der Waals surface area contributed by atoms with Crippen LogP contribution < -0.4 is 0 Å². The number of benzene rings is 6. The van der Waals surface area contributed by atoms with Crippen LogP contribution in [0.2, 0.25) is 0 Å². The highest BCUT2D eigenvalue weighted by Gasteiger charge is 2.09. The molecule has 0 aliphatic heterocycles. The molecule has 0 bridgehead atoms. The third-order valence-electron chi connectivity index (χ3n) is 11.3. The SMILES string of the molecule is Cc1cc(-c2ccccc2)nc(-c2ccccc2)n1.Cc1cccnn1.Cc1ccnnc1.Cc1cnc(-c2ccccc2)nc1.Cc1cnccn1.Cc1nc(-c2ccccc2)nc(-c2ccccc2)n1.Cc1nnc(-c2ccccc2)nn1. The number of nitrogens with zero attached hydrogens (tertiary/aromatic N) is 17. The van der Waals surface area contributed by atoms with Crippen molar-refractivity contribution < 1.29 is 0 Å². The summed E-state index contributed by atoms with van der Waals surface area (Å²) in [5.74, 6) is 4.86. The van der Waals surface area contributed by atoms with Crippen molar-refractivity contribution in [3.05, 3.63) is 296 Å². The fraction of sp³-hybridized carbons (Fsp3) is 0.103. The third kappa shape index (κ3) is 21.9. The molecule has 0 fully saturated rings. The molecule has 0 aliphatic carbocycles. The van der Waals surface area contributed by atoms with Gasteiger partial charge in [-0.05, 0) is 83.9 Å². The predicted molar refractivity (Wildman–Crippen MR) is 333 cm³/mol. The number of aromatic nitrogens is 17. The Morgan fingerprint density at radius 3 is 1.09 bits per heavy atom. The van der Waals surface area contributed by atoms with Crippen molar-refractivity contribution in [1.82, 2.24) is 85.6 Å². The van der Waals surface area contributed by atoms with E-state index in [-0.39, 0.29) is 0 Å². The van der Waals surface area contributed by atoms with Crippen molar-refractivity contribution in [1.29, 1.82) is 0 Å². The molecule has 6 aromatic carbocycles. The van der Waals surface area contributed by atoms with Gasteiger partial charge in [-0.2, -0.15) is 20.4 Å². The van der Waals surface area contributed by atoms with Gasteiger partial charge in [0.2, 0.25) is 5.82 Å². The average Bonchev–Trinajstić information content (AvgIpc) is 3.73. The average molecular weight is 1120 g/mol. The summed E-state index contributed by atoms with van der Waals surface area (Å²) < 4.78 is 0. The molecule has 0 N–H and O–H groups in total. The summed E-state index contributed by atoms with van der Waals surface area (Å²) in [5.41, 5.74) is 12.3. The van der Waals surface area contributed by atoms with Crippen LogP contribution in [0.5, 0.6) is 0 Å². The van der Waals surface area contributed by atoms with Gasteiger partial charge in [0.25, 0.3) is 0 Å². The molecule has 0 amide bonds. The van der Waals surface area contributed by atoms with Gasteiger partial charge in [-0.1, -0.05) is 182 Å². The highest BCUT2D eigenvalue weighted by atomic mass is 15.3. The molecule has 0 spiro atoms. The van der Waals surface area contributed by atoms with E-state index < -0.39 is 0 Å². The molecule has 7 aromatic heterocycles. The minimum Gasteiger partial charge on any atom is -0.261 e. The van der Waals surface area contributed by atoms with Gasteiger partial charge in [0, 0.05) is 82.5 Å². The van der Waals surface area contributed by atoms with Crippen LogP contribution in [-0.4, -0.2) is 85.6 Å². The zero-order chi connectivity index (χ0) is 59.7. The molecule has 17 heteroatoms. The Morgan fingerprint density at radius 1 is 0.247 bits per heavy atom. The van der Waals surface area contributed by atoms with E-state index in [2.05, 4.69) is 97.8 Å². The summed E-state index contributed by atoms with van der Waals surface area (Å²) in [7, 11) is 0. The first-order valence-corrected chi connectivity index (χ1v) is 27.0. The minimum absolute atomic E-state index is 0.561. The lowest BCUT2D eigenvalue weighted by molar-refractivity contribution is 0.816. The molecule has 13 aromatic rings. The van der Waals surface area contributed by atoms with Crippen LogP contribution in [0.3, 0.4) is 0 Å². The number of hydrogen-bond acceptors (Lipinski definition) is 17. The van der Waals surface area contributed by atoms with Crippen molar-refractivity contribution in [3.8, 4) is 68.2 Å². The highest BCUT2D eigenvalue weighted by molar-refractivity contribution is 5.64. The van der Waals surface area contributed by atoms with Crippen molar-refractivity contribution in [2.24, 2.45) is 0 Å². The van der Waals surface area contributed by atoms with Gasteiger partial charge < -0.3 is 0 Å². The van der Waals surface area contributed by atoms with Crippen LogP contribution in [0.15, 0.2) is 256 Å². The quantitative estimate of drug-likeness (QED) is 0.151. The lowest BCUT2D eigenvalue weighted by Crippen LogP contribution is -1.99. The normalized spacial score (nSPS) is 9.82. The van der Waals surface area contributed by atoms with Crippen LogP contribution in [0.1, 0.15) is 39.9 Å². The van der Waals surface area contributed by atoms with Gasteiger partial charge in [0.05, 0.1) is 23.3 Å². The lowest BCUT2D eigenvalue weighted by Gasteiger charge is -2.06. The zero-order valence-corrected chi connectivity index (χ0v) is 48.4. The van der Waals surface area contributed by atoms with Crippen molar-refractivity contribution in [2.45, 2.75) is 48.5 Å². The van der Waals surface area contributed by atoms with E-state index in [0.717, 1.165) is 84.8 Å². The molecule has 17 nitrogen and oxygen atoms in total. The first kappa shape index (κ1) is 61.3. The number of aryl methyl sites for hydroxylation is 7. The first-order chi connectivity index (χ1) is 41.6. The maximum atomic E-state index is 4.66. The number of hydrogen-bond donors (Lipinski definition) is 0. The smallest absolute Gasteiger partial charge is 0.203 e. The Bertz CT molecular complexity index is 3500. The minimum atomic E-state index is 0.561. The lowest BCUT2D eigenvalue weighted by atomic mass is 10.1. The third-order valence-corrected chi connectivity index (χ3v) is 11.3. The van der Waals surface area contributed by atoms with Gasteiger partial charge in [0.15, 0.2) is 29.1 Å². The largest absolute Gasteiger partial charge is 0.261 e. The standard InChI is InChI=1S/C17H14N2.C16H13N3.C11H10N2.C9H8N4.3C5H6N2/c1-13-12-16(14-8-4-2-5-9-14)19-17(18-13)15-10-6-3-7-11-15;1-12-17-15(13-8-4-2-5-9-13)19-16(18-12)14-10-6-3-7-11-14;1-9-7-12-11(13-8-9)10-5-3-2-4-6-10;1-7-10-12-9(13-11-7)8-5-3-2-4-6-8;1-5-4-6-2-3-7-5;1-5-2-3-6-7-4-5;1-5-3-2-4-6-7-5/h2-12H,1H3;2-11H,1H3;2-8H,1H3;2-6H,1H3;3*2-4H,1H3. The van der Waals surface area contributed by atoms with Crippen LogP contribution in [0, 0.1) is 48.5 Å².